The predicted octanol–water partition coefficient (Wildman–Crippen LogP) is 0.958. The molecule has 0 aliphatic rings. The predicted molar refractivity (Wildman–Crippen MR) is 38.5 cm³/mol. The monoisotopic (exact) mass is 138 g/mol. The Labute approximate surface area is 61.1 Å². The zero-order chi connectivity index (χ0) is 7.40. The normalized spacial score (nSPS) is 10.2. The largest absolute Gasteiger partial charge is 0.311 e. The van der Waals surface area contributed by atoms with Gasteiger partial charge in [0.25, 0.3) is 0 Å². The van der Waals surface area contributed by atoms with Crippen LogP contribution in [0, 0.1) is 6.33 Å². The van der Waals surface area contributed by atoms with Crippen LogP contribution in [0.3, 0.4) is 0 Å². The molecule has 10 heavy (non-hydrogen) atoms. The maximum absolute atomic E-state index is 3.91. The van der Waals surface area contributed by atoms with E-state index in [1.165, 1.54) is 12.8 Å². The number of rotatable bonds is 3. The summed E-state index contributed by atoms with van der Waals surface area (Å²) in [6.45, 7) is 2.17. The Morgan fingerprint density at radius 2 is 2.40 bits per heavy atom. The summed E-state index contributed by atoms with van der Waals surface area (Å²) >= 11 is 0. The van der Waals surface area contributed by atoms with Gasteiger partial charge in [-0.05, 0) is 6.42 Å². The molecule has 0 saturated heterocycles. The van der Waals surface area contributed by atoms with Crippen LogP contribution in [0.25, 0.3) is 0 Å². The molecule has 0 bridgehead atoms. The van der Waals surface area contributed by atoms with E-state index in [2.05, 4.69) is 23.4 Å². The highest BCUT2D eigenvalue weighted by atomic mass is 15.2. The SMILES string of the molecule is CCCCc1nn[c]n1C. The maximum Gasteiger partial charge on any atom is 0.201 e. The van der Waals surface area contributed by atoms with Crippen LogP contribution in [0.1, 0.15) is 25.6 Å². The lowest BCUT2D eigenvalue weighted by molar-refractivity contribution is 0.709. The average molecular weight is 138 g/mol. The second kappa shape index (κ2) is 3.34. The molecule has 0 amide bonds. The van der Waals surface area contributed by atoms with Gasteiger partial charge in [-0.15, -0.1) is 10.2 Å². The minimum absolute atomic E-state index is 1.02. The fourth-order valence-electron chi connectivity index (χ4n) is 0.825. The van der Waals surface area contributed by atoms with Gasteiger partial charge in [0.15, 0.2) is 0 Å². The summed E-state index contributed by atoms with van der Waals surface area (Å²) in [6.07, 6.45) is 6.13. The van der Waals surface area contributed by atoms with Crippen LogP contribution in [0.15, 0.2) is 0 Å². The van der Waals surface area contributed by atoms with Crippen molar-refractivity contribution in [1.29, 1.82) is 0 Å². The molecule has 3 heteroatoms. The third kappa shape index (κ3) is 1.56. The van der Waals surface area contributed by atoms with Crippen LogP contribution in [-0.4, -0.2) is 14.8 Å². The number of nitrogens with zero attached hydrogens (tertiary/aromatic N) is 3. The standard InChI is InChI=1S/C7H12N3/c1-3-4-5-7-9-8-6-10(7)2/h3-5H2,1-2H3. The highest BCUT2D eigenvalue weighted by Gasteiger charge is 1.97. The molecule has 3 nitrogen and oxygen atoms in total. The molecule has 0 fully saturated rings. The smallest absolute Gasteiger partial charge is 0.201 e. The minimum atomic E-state index is 1.02. The maximum atomic E-state index is 3.91. The minimum Gasteiger partial charge on any atom is -0.311 e. The molecule has 0 atom stereocenters. The average Bonchev–Trinajstić information content (AvgIpc) is 2.31. The van der Waals surface area contributed by atoms with Crippen molar-refractivity contribution in [2.24, 2.45) is 7.05 Å². The van der Waals surface area contributed by atoms with Crippen molar-refractivity contribution in [2.75, 3.05) is 0 Å². The van der Waals surface area contributed by atoms with Gasteiger partial charge in [-0.25, -0.2) is 0 Å². The summed E-state index contributed by atoms with van der Waals surface area (Å²) in [4.78, 5) is 0. The van der Waals surface area contributed by atoms with Crippen molar-refractivity contribution in [3.05, 3.63) is 12.2 Å². The van der Waals surface area contributed by atoms with E-state index in [1.54, 1.807) is 0 Å². The van der Waals surface area contributed by atoms with Crippen LogP contribution in [0.2, 0.25) is 0 Å². The lowest BCUT2D eigenvalue weighted by Gasteiger charge is -1.95. The van der Waals surface area contributed by atoms with Gasteiger partial charge in [-0.2, -0.15) is 0 Å². The summed E-state index contributed by atoms with van der Waals surface area (Å²) in [6, 6.07) is 0. The van der Waals surface area contributed by atoms with Gasteiger partial charge in [0.1, 0.15) is 5.82 Å². The quantitative estimate of drug-likeness (QED) is 0.622. The third-order valence-electron chi connectivity index (χ3n) is 1.50. The Balaban J connectivity index is 2.49. The zero-order valence-electron chi connectivity index (χ0n) is 6.46. The first-order valence-corrected chi connectivity index (χ1v) is 3.60. The Morgan fingerprint density at radius 3 is 2.90 bits per heavy atom. The summed E-state index contributed by atoms with van der Waals surface area (Å²) in [5, 5.41) is 7.57. The summed E-state index contributed by atoms with van der Waals surface area (Å²) in [7, 11) is 1.92. The van der Waals surface area contributed by atoms with E-state index in [-0.39, 0.29) is 0 Å². The van der Waals surface area contributed by atoms with E-state index < -0.39 is 0 Å². The van der Waals surface area contributed by atoms with Crippen molar-refractivity contribution in [3.63, 3.8) is 0 Å². The lowest BCUT2D eigenvalue weighted by Crippen LogP contribution is -1.96. The van der Waals surface area contributed by atoms with E-state index in [9.17, 15) is 0 Å². The first-order valence-electron chi connectivity index (χ1n) is 3.60. The van der Waals surface area contributed by atoms with E-state index in [1.807, 2.05) is 11.6 Å². The molecular formula is C7H12N3. The summed E-state index contributed by atoms with van der Waals surface area (Å²) in [5.41, 5.74) is 0. The van der Waals surface area contributed by atoms with Gasteiger partial charge in [0, 0.05) is 13.5 Å². The molecule has 55 valence electrons. The Bertz CT molecular complexity index is 192. The van der Waals surface area contributed by atoms with Gasteiger partial charge >= 0.3 is 0 Å². The Hall–Kier alpha value is -0.860. The van der Waals surface area contributed by atoms with Crippen LogP contribution in [0.5, 0.6) is 0 Å². The van der Waals surface area contributed by atoms with Crippen LogP contribution >= 0.6 is 0 Å². The Kier molecular flexibility index (Phi) is 2.42. The van der Waals surface area contributed by atoms with E-state index in [4.69, 9.17) is 0 Å². The molecule has 0 aromatic carbocycles. The fourth-order valence-corrected chi connectivity index (χ4v) is 0.825. The molecule has 0 unspecified atom stereocenters. The molecule has 0 spiro atoms. The zero-order valence-corrected chi connectivity index (χ0v) is 6.46. The Morgan fingerprint density at radius 1 is 1.60 bits per heavy atom. The summed E-state index contributed by atoms with van der Waals surface area (Å²) < 4.78 is 1.84. The van der Waals surface area contributed by atoms with Crippen molar-refractivity contribution in [1.82, 2.24) is 14.8 Å². The van der Waals surface area contributed by atoms with Gasteiger partial charge in [-0.1, -0.05) is 13.3 Å². The first-order chi connectivity index (χ1) is 4.84. The number of hydrogen-bond donors (Lipinski definition) is 0. The molecule has 1 rings (SSSR count). The second-order valence-electron chi connectivity index (χ2n) is 2.38. The molecule has 0 aliphatic heterocycles. The molecule has 0 aliphatic carbocycles. The van der Waals surface area contributed by atoms with Crippen LogP contribution in [0.4, 0.5) is 0 Å². The number of hydrogen-bond acceptors (Lipinski definition) is 2. The number of aryl methyl sites for hydroxylation is 2. The van der Waals surface area contributed by atoms with E-state index in [0.29, 0.717) is 0 Å². The molecule has 0 N–H and O–H groups in total. The van der Waals surface area contributed by atoms with Crippen LogP contribution in [-0.2, 0) is 13.5 Å². The van der Waals surface area contributed by atoms with Crippen LogP contribution < -0.4 is 0 Å². The topological polar surface area (TPSA) is 30.7 Å². The molecule has 0 saturated carbocycles. The number of aromatic nitrogens is 3. The van der Waals surface area contributed by atoms with E-state index >= 15 is 0 Å². The van der Waals surface area contributed by atoms with Crippen molar-refractivity contribution >= 4 is 0 Å². The van der Waals surface area contributed by atoms with Gasteiger partial charge in [-0.3, -0.25) is 0 Å². The molecule has 1 heterocycles. The van der Waals surface area contributed by atoms with E-state index in [0.717, 1.165) is 12.2 Å². The molecule has 1 aromatic rings. The number of unbranched alkanes of at least 4 members (excludes halogenated alkanes) is 1. The van der Waals surface area contributed by atoms with Gasteiger partial charge in [0.2, 0.25) is 6.33 Å². The van der Waals surface area contributed by atoms with Crippen molar-refractivity contribution < 1.29 is 0 Å². The first kappa shape index (κ1) is 7.25. The highest BCUT2D eigenvalue weighted by molar-refractivity contribution is 4.82. The molecule has 1 radical (unpaired) electrons. The summed E-state index contributed by atoms with van der Waals surface area (Å²) in [5.74, 6) is 1.03. The van der Waals surface area contributed by atoms with Crippen molar-refractivity contribution in [2.45, 2.75) is 26.2 Å². The highest BCUT2D eigenvalue weighted by Crippen LogP contribution is 1.98. The van der Waals surface area contributed by atoms with Gasteiger partial charge in [0.05, 0.1) is 0 Å². The third-order valence-corrected chi connectivity index (χ3v) is 1.50. The lowest BCUT2D eigenvalue weighted by atomic mass is 10.2. The van der Waals surface area contributed by atoms with Crippen molar-refractivity contribution in [3.8, 4) is 0 Å². The molecular weight excluding hydrogens is 126 g/mol. The molecule has 1 aromatic heterocycles. The van der Waals surface area contributed by atoms with Gasteiger partial charge < -0.3 is 4.57 Å². The fraction of sp³-hybridized carbons (Fsp3) is 0.714. The second-order valence-corrected chi connectivity index (χ2v) is 2.38.